The zero-order valence-corrected chi connectivity index (χ0v) is 12.6. The first-order chi connectivity index (χ1) is 9.10. The number of methoxy groups -OCH3 is 1. The van der Waals surface area contributed by atoms with Gasteiger partial charge in [-0.1, -0.05) is 17.7 Å². The molecule has 0 atom stereocenters. The summed E-state index contributed by atoms with van der Waals surface area (Å²) in [5, 5.41) is 3.64. The number of nitrogens with one attached hydrogen (secondary N) is 1. The number of benzene rings is 2. The smallest absolute Gasteiger partial charge is 0.133 e. The molecular weight excluding hydrogens is 333 g/mol. The molecule has 2 nitrogen and oxygen atoms in total. The molecule has 0 aliphatic rings. The normalized spacial score (nSPS) is 10.3. The van der Waals surface area contributed by atoms with E-state index in [0.29, 0.717) is 11.6 Å². The van der Waals surface area contributed by atoms with Crippen LogP contribution in [0.1, 0.15) is 5.56 Å². The molecule has 0 bridgehead atoms. The van der Waals surface area contributed by atoms with Gasteiger partial charge >= 0.3 is 0 Å². The van der Waals surface area contributed by atoms with Crippen molar-refractivity contribution in [2.75, 3.05) is 12.4 Å². The Morgan fingerprint density at radius 1 is 1.26 bits per heavy atom. The Balaban J connectivity index is 2.08. The molecule has 100 valence electrons. The van der Waals surface area contributed by atoms with Crippen molar-refractivity contribution in [1.29, 1.82) is 0 Å². The molecule has 0 saturated heterocycles. The Kier molecular flexibility index (Phi) is 4.66. The van der Waals surface area contributed by atoms with Crippen molar-refractivity contribution in [1.82, 2.24) is 0 Å². The van der Waals surface area contributed by atoms with Crippen LogP contribution in [0.2, 0.25) is 5.02 Å². The summed E-state index contributed by atoms with van der Waals surface area (Å²) in [6.45, 7) is 0.526. The van der Waals surface area contributed by atoms with E-state index < -0.39 is 0 Å². The van der Waals surface area contributed by atoms with Crippen LogP contribution in [-0.4, -0.2) is 7.11 Å². The van der Waals surface area contributed by atoms with Crippen molar-refractivity contribution in [2.45, 2.75) is 6.54 Å². The molecule has 0 aromatic heterocycles. The van der Waals surface area contributed by atoms with Crippen LogP contribution >= 0.6 is 27.5 Å². The van der Waals surface area contributed by atoms with Crippen LogP contribution in [0.4, 0.5) is 10.1 Å². The fourth-order valence-electron chi connectivity index (χ4n) is 1.64. The second-order valence-electron chi connectivity index (χ2n) is 3.94. The highest BCUT2D eigenvalue weighted by atomic mass is 79.9. The van der Waals surface area contributed by atoms with Gasteiger partial charge in [0.05, 0.1) is 11.6 Å². The Morgan fingerprint density at radius 2 is 2.05 bits per heavy atom. The first-order valence-corrected chi connectivity index (χ1v) is 6.78. The monoisotopic (exact) mass is 343 g/mol. The average molecular weight is 345 g/mol. The summed E-state index contributed by atoms with van der Waals surface area (Å²) in [4.78, 5) is 0. The van der Waals surface area contributed by atoms with Crippen LogP contribution in [0.5, 0.6) is 5.75 Å². The molecule has 0 fully saturated rings. The molecule has 2 rings (SSSR count). The van der Waals surface area contributed by atoms with Crippen molar-refractivity contribution < 1.29 is 9.13 Å². The van der Waals surface area contributed by atoms with Gasteiger partial charge < -0.3 is 10.1 Å². The number of hydrogen-bond donors (Lipinski definition) is 1. The topological polar surface area (TPSA) is 21.3 Å². The SMILES string of the molecule is COc1ccc(NCc2ccc(F)cc2Cl)cc1Br. The summed E-state index contributed by atoms with van der Waals surface area (Å²) in [5.74, 6) is 0.436. The molecule has 0 unspecified atom stereocenters. The van der Waals surface area contributed by atoms with E-state index in [0.717, 1.165) is 21.5 Å². The highest BCUT2D eigenvalue weighted by molar-refractivity contribution is 9.10. The maximum Gasteiger partial charge on any atom is 0.133 e. The highest BCUT2D eigenvalue weighted by Gasteiger charge is 2.04. The van der Waals surface area contributed by atoms with Gasteiger partial charge in [0.1, 0.15) is 11.6 Å². The van der Waals surface area contributed by atoms with E-state index in [4.69, 9.17) is 16.3 Å². The fraction of sp³-hybridized carbons (Fsp3) is 0.143. The third-order valence-corrected chi connectivity index (χ3v) is 3.62. The first kappa shape index (κ1) is 14.2. The summed E-state index contributed by atoms with van der Waals surface area (Å²) in [5.41, 5.74) is 1.77. The lowest BCUT2D eigenvalue weighted by Gasteiger charge is -2.10. The highest BCUT2D eigenvalue weighted by Crippen LogP contribution is 2.28. The predicted molar refractivity (Wildman–Crippen MR) is 79.4 cm³/mol. The third kappa shape index (κ3) is 3.61. The van der Waals surface area contributed by atoms with Crippen molar-refractivity contribution in [3.8, 4) is 5.75 Å². The molecule has 0 heterocycles. The molecule has 5 heteroatoms. The molecule has 0 saturated carbocycles. The molecule has 2 aromatic rings. The summed E-state index contributed by atoms with van der Waals surface area (Å²) < 4.78 is 18.9. The van der Waals surface area contributed by atoms with E-state index in [1.165, 1.54) is 12.1 Å². The van der Waals surface area contributed by atoms with Crippen molar-refractivity contribution in [3.63, 3.8) is 0 Å². The molecule has 2 aromatic carbocycles. The summed E-state index contributed by atoms with van der Waals surface area (Å²) in [6, 6.07) is 10.1. The lowest BCUT2D eigenvalue weighted by molar-refractivity contribution is 0.412. The Bertz CT molecular complexity index is 592. The van der Waals surface area contributed by atoms with E-state index in [-0.39, 0.29) is 5.82 Å². The Hall–Kier alpha value is -1.26. The average Bonchev–Trinajstić information content (AvgIpc) is 2.38. The van der Waals surface area contributed by atoms with Crippen LogP contribution in [0, 0.1) is 5.82 Å². The Labute approximate surface area is 124 Å². The molecule has 19 heavy (non-hydrogen) atoms. The summed E-state index contributed by atoms with van der Waals surface area (Å²) in [6.07, 6.45) is 0. The van der Waals surface area contributed by atoms with Crippen molar-refractivity contribution >= 4 is 33.2 Å². The second kappa shape index (κ2) is 6.26. The van der Waals surface area contributed by atoms with E-state index in [1.54, 1.807) is 13.2 Å². The fourth-order valence-corrected chi connectivity index (χ4v) is 2.41. The number of ether oxygens (including phenoxy) is 1. The molecule has 0 spiro atoms. The zero-order valence-electron chi connectivity index (χ0n) is 10.2. The van der Waals surface area contributed by atoms with E-state index in [2.05, 4.69) is 21.2 Å². The van der Waals surface area contributed by atoms with Gasteiger partial charge in [0.2, 0.25) is 0 Å². The zero-order chi connectivity index (χ0) is 13.8. The molecule has 0 aliphatic heterocycles. The van der Waals surface area contributed by atoms with Gasteiger partial charge in [0, 0.05) is 17.3 Å². The van der Waals surface area contributed by atoms with Gasteiger partial charge in [-0.3, -0.25) is 0 Å². The minimum absolute atomic E-state index is 0.332. The van der Waals surface area contributed by atoms with Crippen LogP contribution < -0.4 is 10.1 Å². The number of anilines is 1. The molecule has 0 aliphatic carbocycles. The van der Waals surface area contributed by atoms with E-state index in [1.807, 2.05) is 18.2 Å². The van der Waals surface area contributed by atoms with Gasteiger partial charge in [0.15, 0.2) is 0 Å². The van der Waals surface area contributed by atoms with Gasteiger partial charge in [0.25, 0.3) is 0 Å². The van der Waals surface area contributed by atoms with Crippen molar-refractivity contribution in [2.24, 2.45) is 0 Å². The minimum Gasteiger partial charge on any atom is -0.496 e. The van der Waals surface area contributed by atoms with Crippen molar-refractivity contribution in [3.05, 3.63) is 57.3 Å². The van der Waals surface area contributed by atoms with Gasteiger partial charge in [-0.05, 0) is 51.8 Å². The predicted octanol–water partition coefficient (Wildman–Crippen LogP) is 4.86. The number of hydrogen-bond acceptors (Lipinski definition) is 2. The van der Waals surface area contributed by atoms with Crippen LogP contribution in [-0.2, 0) is 6.54 Å². The minimum atomic E-state index is -0.332. The molecule has 0 amide bonds. The number of halogens is 3. The van der Waals surface area contributed by atoms with Gasteiger partial charge in [-0.25, -0.2) is 4.39 Å². The molecular formula is C14H12BrClFNO. The quantitative estimate of drug-likeness (QED) is 0.855. The van der Waals surface area contributed by atoms with E-state index >= 15 is 0 Å². The summed E-state index contributed by atoms with van der Waals surface area (Å²) in [7, 11) is 1.62. The van der Waals surface area contributed by atoms with E-state index in [9.17, 15) is 4.39 Å². The number of rotatable bonds is 4. The Morgan fingerprint density at radius 3 is 2.68 bits per heavy atom. The molecule has 1 N–H and O–H groups in total. The third-order valence-electron chi connectivity index (χ3n) is 2.65. The largest absolute Gasteiger partial charge is 0.496 e. The maximum absolute atomic E-state index is 12.9. The van der Waals surface area contributed by atoms with Crippen LogP contribution in [0.15, 0.2) is 40.9 Å². The van der Waals surface area contributed by atoms with Crippen LogP contribution in [0.3, 0.4) is 0 Å². The lowest BCUT2D eigenvalue weighted by atomic mass is 10.2. The molecule has 0 radical (unpaired) electrons. The van der Waals surface area contributed by atoms with Crippen LogP contribution in [0.25, 0.3) is 0 Å². The summed E-state index contributed by atoms with van der Waals surface area (Å²) >= 11 is 9.38. The standard InChI is InChI=1S/C14H12BrClFNO/c1-19-14-5-4-11(7-12(14)15)18-8-9-2-3-10(17)6-13(9)16/h2-7,18H,8H2,1H3. The maximum atomic E-state index is 12.9. The first-order valence-electron chi connectivity index (χ1n) is 5.61. The van der Waals surface area contributed by atoms with Gasteiger partial charge in [-0.15, -0.1) is 0 Å². The lowest BCUT2D eigenvalue weighted by Crippen LogP contribution is -2.00. The second-order valence-corrected chi connectivity index (χ2v) is 5.20. The van der Waals surface area contributed by atoms with Gasteiger partial charge in [-0.2, -0.15) is 0 Å².